The first kappa shape index (κ1) is 5.57. The molecule has 1 aliphatic heterocycles. The third kappa shape index (κ3) is 0.820. The number of hydrogen-bond acceptors (Lipinski definition) is 1. The van der Waals surface area contributed by atoms with Gasteiger partial charge in [0.2, 0.25) is 0 Å². The van der Waals surface area contributed by atoms with Crippen molar-refractivity contribution < 1.29 is 0 Å². The van der Waals surface area contributed by atoms with Crippen molar-refractivity contribution >= 4 is 15.9 Å². The summed E-state index contributed by atoms with van der Waals surface area (Å²) in [5, 5.41) is 3.31. The summed E-state index contributed by atoms with van der Waals surface area (Å²) < 4.78 is 0. The van der Waals surface area contributed by atoms with Crippen LogP contribution in [0.1, 0.15) is 13.8 Å². The highest BCUT2D eigenvalue weighted by molar-refractivity contribution is 9.09. The third-order valence-electron chi connectivity index (χ3n) is 1.48. The minimum atomic E-state index is 0.676. The fourth-order valence-electron chi connectivity index (χ4n) is 0.913. The highest BCUT2D eigenvalue weighted by atomic mass is 79.9. The van der Waals surface area contributed by atoms with Crippen LogP contribution in [0.3, 0.4) is 0 Å². The first-order chi connectivity index (χ1) is 3.22. The molecule has 1 heterocycles. The molecule has 2 heteroatoms. The Hall–Kier alpha value is 0.440. The molecule has 0 aromatic heterocycles. The Kier molecular flexibility index (Phi) is 1.39. The number of halogens is 1. The highest BCUT2D eigenvalue weighted by Crippen LogP contribution is 2.19. The highest BCUT2D eigenvalue weighted by Gasteiger charge is 2.30. The molecule has 0 aliphatic carbocycles. The molecular formula is C5H10BrN. The van der Waals surface area contributed by atoms with E-state index in [0.717, 1.165) is 0 Å². The molecule has 1 N–H and O–H groups in total. The molecule has 0 bridgehead atoms. The normalized spacial score (nSPS) is 51.0. The lowest BCUT2D eigenvalue weighted by Crippen LogP contribution is -2.59. The van der Waals surface area contributed by atoms with Gasteiger partial charge in [0.05, 0.1) is 0 Å². The van der Waals surface area contributed by atoms with Gasteiger partial charge >= 0.3 is 0 Å². The summed E-state index contributed by atoms with van der Waals surface area (Å²) in [5.41, 5.74) is 0. The Morgan fingerprint density at radius 2 is 1.71 bits per heavy atom. The predicted molar refractivity (Wildman–Crippen MR) is 34.8 cm³/mol. The average Bonchev–Trinajstić information content (AvgIpc) is 1.68. The van der Waals surface area contributed by atoms with Crippen molar-refractivity contribution in [1.82, 2.24) is 5.32 Å². The maximum atomic E-state index is 3.53. The Morgan fingerprint density at radius 1 is 1.29 bits per heavy atom. The van der Waals surface area contributed by atoms with Gasteiger partial charge in [0, 0.05) is 16.9 Å². The van der Waals surface area contributed by atoms with Crippen molar-refractivity contribution in [3.05, 3.63) is 0 Å². The van der Waals surface area contributed by atoms with Gasteiger partial charge in [-0.15, -0.1) is 0 Å². The lowest BCUT2D eigenvalue weighted by atomic mass is 10.0. The molecule has 7 heavy (non-hydrogen) atoms. The predicted octanol–water partition coefficient (Wildman–Crippen LogP) is 1.13. The van der Waals surface area contributed by atoms with Crippen molar-refractivity contribution in [2.45, 2.75) is 30.8 Å². The Labute approximate surface area is 52.6 Å². The van der Waals surface area contributed by atoms with Crippen LogP contribution in [0, 0.1) is 0 Å². The zero-order valence-electron chi connectivity index (χ0n) is 4.61. The van der Waals surface area contributed by atoms with E-state index < -0.39 is 0 Å². The molecule has 1 nitrogen and oxygen atoms in total. The molecule has 1 aliphatic rings. The molecule has 0 radical (unpaired) electrons. The smallest absolute Gasteiger partial charge is 0.0447 e. The summed E-state index contributed by atoms with van der Waals surface area (Å²) >= 11 is 3.53. The van der Waals surface area contributed by atoms with Crippen LogP contribution in [0.5, 0.6) is 0 Å². The van der Waals surface area contributed by atoms with Crippen molar-refractivity contribution in [3.8, 4) is 0 Å². The van der Waals surface area contributed by atoms with Gasteiger partial charge in [-0.05, 0) is 13.8 Å². The molecule has 1 fully saturated rings. The monoisotopic (exact) mass is 163 g/mol. The van der Waals surface area contributed by atoms with Crippen molar-refractivity contribution in [2.75, 3.05) is 0 Å². The Morgan fingerprint density at radius 3 is 1.71 bits per heavy atom. The van der Waals surface area contributed by atoms with E-state index in [1.807, 2.05) is 0 Å². The second kappa shape index (κ2) is 1.75. The van der Waals surface area contributed by atoms with Crippen LogP contribution in [0.2, 0.25) is 0 Å². The van der Waals surface area contributed by atoms with E-state index in [1.165, 1.54) is 0 Å². The maximum absolute atomic E-state index is 3.53. The van der Waals surface area contributed by atoms with E-state index in [2.05, 4.69) is 35.1 Å². The number of hydrogen-bond donors (Lipinski definition) is 1. The number of nitrogens with one attached hydrogen (secondary N) is 1. The quantitative estimate of drug-likeness (QED) is 0.529. The van der Waals surface area contributed by atoms with Crippen molar-refractivity contribution in [3.63, 3.8) is 0 Å². The summed E-state index contributed by atoms with van der Waals surface area (Å²) in [4.78, 5) is 0.701. The van der Waals surface area contributed by atoms with Crippen LogP contribution in [0.15, 0.2) is 0 Å². The lowest BCUT2D eigenvalue weighted by molar-refractivity contribution is 0.322. The first-order valence-electron chi connectivity index (χ1n) is 2.62. The van der Waals surface area contributed by atoms with E-state index in [1.54, 1.807) is 0 Å². The molecule has 2 atom stereocenters. The fourth-order valence-corrected chi connectivity index (χ4v) is 1.22. The van der Waals surface area contributed by atoms with E-state index in [0.29, 0.717) is 16.9 Å². The number of alkyl halides is 1. The standard InChI is InChI=1S/C5H10BrN/c1-3-5(6)4(2)7-3/h3-5,7H,1-2H3. The first-order valence-corrected chi connectivity index (χ1v) is 3.53. The summed E-state index contributed by atoms with van der Waals surface area (Å²) in [5.74, 6) is 0. The second-order valence-corrected chi connectivity index (χ2v) is 3.25. The van der Waals surface area contributed by atoms with Crippen LogP contribution in [0.4, 0.5) is 0 Å². The number of rotatable bonds is 0. The van der Waals surface area contributed by atoms with Crippen LogP contribution < -0.4 is 5.32 Å². The van der Waals surface area contributed by atoms with E-state index in [-0.39, 0.29) is 0 Å². The molecule has 0 spiro atoms. The van der Waals surface area contributed by atoms with Gasteiger partial charge in [-0.3, -0.25) is 0 Å². The molecule has 1 rings (SSSR count). The molecule has 42 valence electrons. The van der Waals surface area contributed by atoms with Gasteiger partial charge < -0.3 is 5.32 Å². The van der Waals surface area contributed by atoms with Crippen LogP contribution >= 0.6 is 15.9 Å². The van der Waals surface area contributed by atoms with Crippen LogP contribution in [0.25, 0.3) is 0 Å². The fraction of sp³-hybridized carbons (Fsp3) is 1.00. The Balaban J connectivity index is 2.29. The Bertz CT molecular complexity index is 66.5. The topological polar surface area (TPSA) is 12.0 Å². The molecule has 2 unspecified atom stereocenters. The second-order valence-electron chi connectivity index (χ2n) is 2.19. The van der Waals surface area contributed by atoms with Crippen molar-refractivity contribution in [2.24, 2.45) is 0 Å². The van der Waals surface area contributed by atoms with Gasteiger partial charge in [0.25, 0.3) is 0 Å². The minimum Gasteiger partial charge on any atom is -0.309 e. The van der Waals surface area contributed by atoms with Gasteiger partial charge in [-0.2, -0.15) is 0 Å². The minimum absolute atomic E-state index is 0.676. The summed E-state index contributed by atoms with van der Waals surface area (Å²) in [6, 6.07) is 1.35. The summed E-state index contributed by atoms with van der Waals surface area (Å²) in [6.45, 7) is 4.36. The summed E-state index contributed by atoms with van der Waals surface area (Å²) in [7, 11) is 0. The van der Waals surface area contributed by atoms with E-state index in [4.69, 9.17) is 0 Å². The SMILES string of the molecule is CC1NC(C)C1Br. The van der Waals surface area contributed by atoms with E-state index in [9.17, 15) is 0 Å². The van der Waals surface area contributed by atoms with Gasteiger partial charge in [-0.1, -0.05) is 15.9 Å². The molecule has 0 saturated carbocycles. The van der Waals surface area contributed by atoms with Gasteiger partial charge in [-0.25, -0.2) is 0 Å². The van der Waals surface area contributed by atoms with E-state index >= 15 is 0 Å². The zero-order chi connectivity index (χ0) is 5.44. The molecule has 0 aromatic rings. The molecule has 0 amide bonds. The molecular weight excluding hydrogens is 154 g/mol. The zero-order valence-corrected chi connectivity index (χ0v) is 6.20. The van der Waals surface area contributed by atoms with Crippen LogP contribution in [-0.4, -0.2) is 16.9 Å². The van der Waals surface area contributed by atoms with Gasteiger partial charge in [0.15, 0.2) is 0 Å². The third-order valence-corrected chi connectivity index (χ3v) is 3.07. The van der Waals surface area contributed by atoms with Crippen LogP contribution in [-0.2, 0) is 0 Å². The van der Waals surface area contributed by atoms with Gasteiger partial charge in [0.1, 0.15) is 0 Å². The average molecular weight is 164 g/mol. The molecule has 1 saturated heterocycles. The molecule has 0 aromatic carbocycles. The maximum Gasteiger partial charge on any atom is 0.0447 e. The lowest BCUT2D eigenvalue weighted by Gasteiger charge is -2.38. The summed E-state index contributed by atoms with van der Waals surface area (Å²) in [6.07, 6.45) is 0. The van der Waals surface area contributed by atoms with Crippen molar-refractivity contribution in [1.29, 1.82) is 0 Å². The largest absolute Gasteiger partial charge is 0.309 e.